The molecule has 3 aromatic rings. The summed E-state index contributed by atoms with van der Waals surface area (Å²) in [5, 5.41) is 0.721. The number of methoxy groups -OCH3 is 1. The van der Waals surface area contributed by atoms with E-state index in [9.17, 15) is 4.79 Å². The maximum Gasteiger partial charge on any atom is 0.233 e. The van der Waals surface area contributed by atoms with Gasteiger partial charge in [-0.2, -0.15) is 0 Å². The summed E-state index contributed by atoms with van der Waals surface area (Å²) < 4.78 is 6.47. The van der Waals surface area contributed by atoms with Gasteiger partial charge in [-0.05, 0) is 63.7 Å². The molecular formula is C23H29N3O2S. The summed E-state index contributed by atoms with van der Waals surface area (Å²) in [7, 11) is 5.67. The molecular weight excluding hydrogens is 382 g/mol. The minimum Gasteiger partial charge on any atom is -0.494 e. The number of hydrogen-bond acceptors (Lipinski definition) is 5. The molecule has 154 valence electrons. The van der Waals surface area contributed by atoms with Gasteiger partial charge in [0.05, 0.1) is 18.2 Å². The third-order valence-corrected chi connectivity index (χ3v) is 6.11. The SMILES string of the molecule is COc1cccc2sc(N(CCN(C)C)C(=O)Cc3c(C)cc(C)cc3C)nc12. The van der Waals surface area contributed by atoms with E-state index in [4.69, 9.17) is 9.72 Å². The second-order valence-electron chi connectivity index (χ2n) is 7.71. The molecule has 6 heteroatoms. The van der Waals surface area contributed by atoms with Gasteiger partial charge < -0.3 is 9.64 Å². The van der Waals surface area contributed by atoms with Crippen LogP contribution in [0.2, 0.25) is 0 Å². The Hall–Kier alpha value is -2.44. The predicted molar refractivity (Wildman–Crippen MR) is 121 cm³/mol. The van der Waals surface area contributed by atoms with Crippen molar-refractivity contribution in [1.82, 2.24) is 9.88 Å². The fourth-order valence-corrected chi connectivity index (χ4v) is 4.58. The number of thiazole rings is 1. The summed E-state index contributed by atoms with van der Waals surface area (Å²) in [5.41, 5.74) is 5.46. The Kier molecular flexibility index (Phi) is 6.55. The molecule has 3 rings (SSSR count). The highest BCUT2D eigenvalue weighted by Gasteiger charge is 2.22. The van der Waals surface area contributed by atoms with Crippen LogP contribution in [0.15, 0.2) is 30.3 Å². The zero-order valence-electron chi connectivity index (χ0n) is 18.1. The first-order valence-electron chi connectivity index (χ1n) is 9.75. The van der Waals surface area contributed by atoms with Crippen molar-refractivity contribution in [3.8, 4) is 5.75 Å². The molecule has 0 unspecified atom stereocenters. The zero-order valence-corrected chi connectivity index (χ0v) is 18.9. The predicted octanol–water partition coefficient (Wildman–Crippen LogP) is 4.37. The number of benzene rings is 2. The summed E-state index contributed by atoms with van der Waals surface area (Å²) in [6.45, 7) is 7.61. The number of anilines is 1. The Morgan fingerprint density at radius 1 is 1.10 bits per heavy atom. The summed E-state index contributed by atoms with van der Waals surface area (Å²) in [6.07, 6.45) is 0.373. The number of hydrogen-bond donors (Lipinski definition) is 0. The second-order valence-corrected chi connectivity index (χ2v) is 8.72. The van der Waals surface area contributed by atoms with Crippen LogP contribution in [0, 0.1) is 20.8 Å². The number of likely N-dealkylation sites (N-methyl/N-ethyl adjacent to an activating group) is 1. The molecule has 29 heavy (non-hydrogen) atoms. The standard InChI is InChI=1S/C23H29N3O2S/c1-15-12-16(2)18(17(3)13-15)14-21(27)26(11-10-25(4)5)23-24-22-19(28-6)8-7-9-20(22)29-23/h7-9,12-13H,10-11,14H2,1-6H3. The van der Waals surface area contributed by atoms with Crippen LogP contribution in [0.1, 0.15) is 22.3 Å². The third-order valence-electron chi connectivity index (χ3n) is 5.06. The lowest BCUT2D eigenvalue weighted by atomic mass is 9.97. The molecule has 0 spiro atoms. The van der Waals surface area contributed by atoms with Crippen LogP contribution < -0.4 is 9.64 Å². The van der Waals surface area contributed by atoms with E-state index in [-0.39, 0.29) is 5.91 Å². The van der Waals surface area contributed by atoms with E-state index in [1.807, 2.05) is 37.2 Å². The smallest absolute Gasteiger partial charge is 0.233 e. The van der Waals surface area contributed by atoms with Crippen LogP contribution in [0.3, 0.4) is 0 Å². The summed E-state index contributed by atoms with van der Waals surface area (Å²) in [4.78, 5) is 22.1. The second kappa shape index (κ2) is 8.93. The number of aryl methyl sites for hydroxylation is 3. The van der Waals surface area contributed by atoms with Crippen molar-refractivity contribution >= 4 is 32.6 Å². The van der Waals surface area contributed by atoms with E-state index in [1.165, 1.54) is 16.9 Å². The van der Waals surface area contributed by atoms with Gasteiger partial charge in [0.25, 0.3) is 0 Å². The lowest BCUT2D eigenvalue weighted by Crippen LogP contribution is -2.37. The number of para-hydroxylation sites is 1. The number of rotatable bonds is 7. The van der Waals surface area contributed by atoms with Crippen LogP contribution in [-0.4, -0.2) is 50.1 Å². The first-order valence-corrected chi connectivity index (χ1v) is 10.6. The molecule has 1 amide bonds. The van der Waals surface area contributed by atoms with Gasteiger partial charge >= 0.3 is 0 Å². The van der Waals surface area contributed by atoms with E-state index in [2.05, 4.69) is 37.8 Å². The van der Waals surface area contributed by atoms with Crippen LogP contribution >= 0.6 is 11.3 Å². The maximum absolute atomic E-state index is 13.4. The van der Waals surface area contributed by atoms with Crippen molar-refractivity contribution in [3.63, 3.8) is 0 Å². The highest BCUT2D eigenvalue weighted by atomic mass is 32.1. The van der Waals surface area contributed by atoms with Crippen molar-refractivity contribution < 1.29 is 9.53 Å². The quantitative estimate of drug-likeness (QED) is 0.579. The van der Waals surface area contributed by atoms with E-state index < -0.39 is 0 Å². The highest BCUT2D eigenvalue weighted by Crippen LogP contribution is 2.34. The summed E-state index contributed by atoms with van der Waals surface area (Å²) in [5.74, 6) is 0.801. The summed E-state index contributed by atoms with van der Waals surface area (Å²) in [6, 6.07) is 10.2. The van der Waals surface area contributed by atoms with Gasteiger partial charge in [-0.1, -0.05) is 35.1 Å². The third kappa shape index (κ3) is 4.77. The minimum atomic E-state index is 0.0694. The van der Waals surface area contributed by atoms with Gasteiger partial charge in [-0.25, -0.2) is 4.98 Å². The topological polar surface area (TPSA) is 45.7 Å². The average Bonchev–Trinajstić information content (AvgIpc) is 3.08. The molecule has 0 saturated heterocycles. The molecule has 2 aromatic carbocycles. The van der Waals surface area contributed by atoms with Crippen LogP contribution in [-0.2, 0) is 11.2 Å². The number of fused-ring (bicyclic) bond motifs is 1. The first-order chi connectivity index (χ1) is 13.8. The lowest BCUT2D eigenvalue weighted by Gasteiger charge is -2.23. The molecule has 1 heterocycles. The van der Waals surface area contributed by atoms with Crippen molar-refractivity contribution in [2.24, 2.45) is 0 Å². The Bertz CT molecular complexity index is 1000. The molecule has 0 N–H and O–H groups in total. The monoisotopic (exact) mass is 411 g/mol. The molecule has 5 nitrogen and oxygen atoms in total. The van der Waals surface area contributed by atoms with Gasteiger partial charge in [0.1, 0.15) is 11.3 Å². The number of carbonyl (C=O) groups is 1. The fraction of sp³-hybridized carbons (Fsp3) is 0.391. The molecule has 0 fully saturated rings. The van der Waals surface area contributed by atoms with E-state index >= 15 is 0 Å². The van der Waals surface area contributed by atoms with Crippen molar-refractivity contribution in [3.05, 3.63) is 52.6 Å². The zero-order chi connectivity index (χ0) is 21.1. The van der Waals surface area contributed by atoms with E-state index in [1.54, 1.807) is 7.11 Å². The van der Waals surface area contributed by atoms with Crippen LogP contribution in [0.25, 0.3) is 10.2 Å². The minimum absolute atomic E-state index is 0.0694. The van der Waals surface area contributed by atoms with E-state index in [0.29, 0.717) is 13.0 Å². The van der Waals surface area contributed by atoms with Crippen molar-refractivity contribution in [2.75, 3.05) is 39.2 Å². The van der Waals surface area contributed by atoms with Gasteiger partial charge in [-0.3, -0.25) is 9.69 Å². The average molecular weight is 412 g/mol. The Labute approximate surface area is 176 Å². The molecule has 1 aromatic heterocycles. The van der Waals surface area contributed by atoms with Crippen LogP contribution in [0.5, 0.6) is 5.75 Å². The summed E-state index contributed by atoms with van der Waals surface area (Å²) >= 11 is 1.53. The van der Waals surface area contributed by atoms with Crippen LogP contribution in [0.4, 0.5) is 5.13 Å². The molecule has 0 aliphatic carbocycles. The van der Waals surface area contributed by atoms with Gasteiger partial charge in [-0.15, -0.1) is 0 Å². The Morgan fingerprint density at radius 3 is 2.41 bits per heavy atom. The normalized spacial score (nSPS) is 11.3. The Balaban J connectivity index is 1.96. The molecule has 0 atom stereocenters. The Morgan fingerprint density at radius 2 is 1.79 bits per heavy atom. The van der Waals surface area contributed by atoms with Crippen molar-refractivity contribution in [1.29, 1.82) is 0 Å². The number of carbonyl (C=O) groups excluding carboxylic acids is 1. The molecule has 0 radical (unpaired) electrons. The molecule has 0 bridgehead atoms. The highest BCUT2D eigenvalue weighted by molar-refractivity contribution is 7.22. The molecule has 0 aliphatic heterocycles. The van der Waals surface area contributed by atoms with Crippen molar-refractivity contribution in [2.45, 2.75) is 27.2 Å². The molecule has 0 saturated carbocycles. The van der Waals surface area contributed by atoms with Gasteiger partial charge in [0, 0.05) is 13.1 Å². The first kappa shape index (κ1) is 21.3. The number of ether oxygens (including phenoxy) is 1. The molecule has 0 aliphatic rings. The number of nitrogens with zero attached hydrogens (tertiary/aromatic N) is 3. The van der Waals surface area contributed by atoms with E-state index in [0.717, 1.165) is 44.3 Å². The maximum atomic E-state index is 13.4. The van der Waals surface area contributed by atoms with Gasteiger partial charge in [0.2, 0.25) is 5.91 Å². The number of aromatic nitrogens is 1. The number of amides is 1. The van der Waals surface area contributed by atoms with Gasteiger partial charge in [0.15, 0.2) is 5.13 Å². The largest absolute Gasteiger partial charge is 0.494 e. The lowest BCUT2D eigenvalue weighted by molar-refractivity contribution is -0.118. The fourth-order valence-electron chi connectivity index (χ4n) is 3.55.